The Morgan fingerprint density at radius 1 is 1.30 bits per heavy atom. The Morgan fingerprint density at radius 3 is 2.81 bits per heavy atom. The van der Waals surface area contributed by atoms with Gasteiger partial charge in [0, 0.05) is 29.9 Å². The van der Waals surface area contributed by atoms with Crippen LogP contribution in [0.4, 0.5) is 5.69 Å². The minimum absolute atomic E-state index is 0.0138. The molecule has 0 bridgehead atoms. The van der Waals surface area contributed by atoms with E-state index in [1.165, 1.54) is 12.0 Å². The van der Waals surface area contributed by atoms with Gasteiger partial charge in [-0.1, -0.05) is 26.0 Å². The predicted octanol–water partition coefficient (Wildman–Crippen LogP) is 4.38. The van der Waals surface area contributed by atoms with E-state index in [0.29, 0.717) is 24.5 Å². The Kier molecular flexibility index (Phi) is 5.74. The lowest BCUT2D eigenvalue weighted by molar-refractivity contribution is -0.116. The van der Waals surface area contributed by atoms with Gasteiger partial charge in [0.05, 0.1) is 11.9 Å². The first-order valence-corrected chi connectivity index (χ1v) is 9.25. The number of nitrogens with zero attached hydrogens (tertiary/aromatic N) is 3. The van der Waals surface area contributed by atoms with Gasteiger partial charge in [-0.25, -0.2) is 4.98 Å². The molecule has 6 nitrogen and oxygen atoms in total. The molecule has 0 aliphatic carbocycles. The van der Waals surface area contributed by atoms with Crippen molar-refractivity contribution in [2.75, 3.05) is 5.32 Å². The molecule has 0 spiro atoms. The van der Waals surface area contributed by atoms with Crippen molar-refractivity contribution in [1.82, 2.24) is 14.8 Å². The van der Waals surface area contributed by atoms with Gasteiger partial charge in [0.15, 0.2) is 12.2 Å². The molecule has 3 rings (SSSR count). The number of aromatic nitrogens is 3. The molecule has 0 aliphatic heterocycles. The van der Waals surface area contributed by atoms with Crippen molar-refractivity contribution in [2.24, 2.45) is 5.92 Å². The average Bonchev–Trinajstić information content (AvgIpc) is 3.23. The van der Waals surface area contributed by atoms with Crippen LogP contribution in [0.1, 0.15) is 37.2 Å². The van der Waals surface area contributed by atoms with Crippen molar-refractivity contribution in [3.05, 3.63) is 53.8 Å². The zero-order valence-electron chi connectivity index (χ0n) is 16.3. The van der Waals surface area contributed by atoms with Gasteiger partial charge in [0.2, 0.25) is 5.91 Å². The Bertz CT molecular complexity index is 910. The van der Waals surface area contributed by atoms with E-state index in [0.717, 1.165) is 29.2 Å². The largest absolute Gasteiger partial charge is 0.444 e. The number of oxazole rings is 1. The molecule has 0 aliphatic rings. The van der Waals surface area contributed by atoms with Gasteiger partial charge in [-0.15, -0.1) is 0 Å². The maximum atomic E-state index is 12.4. The number of rotatable bonds is 7. The fourth-order valence-corrected chi connectivity index (χ4v) is 3.19. The van der Waals surface area contributed by atoms with Crippen LogP contribution in [-0.4, -0.2) is 20.7 Å². The van der Waals surface area contributed by atoms with Gasteiger partial charge >= 0.3 is 0 Å². The first-order valence-electron chi connectivity index (χ1n) is 9.25. The summed E-state index contributed by atoms with van der Waals surface area (Å²) >= 11 is 0. The number of carbonyl (C=O) groups is 1. The molecule has 0 fully saturated rings. The van der Waals surface area contributed by atoms with Crippen LogP contribution in [0, 0.1) is 19.8 Å². The van der Waals surface area contributed by atoms with Crippen LogP contribution in [0.15, 0.2) is 41.3 Å². The van der Waals surface area contributed by atoms with Gasteiger partial charge in [0.25, 0.3) is 0 Å². The van der Waals surface area contributed by atoms with Crippen LogP contribution in [-0.2, 0) is 17.8 Å². The van der Waals surface area contributed by atoms with Gasteiger partial charge in [-0.05, 0) is 43.9 Å². The minimum Gasteiger partial charge on any atom is -0.444 e. The zero-order valence-corrected chi connectivity index (χ0v) is 16.3. The third kappa shape index (κ3) is 4.64. The molecule has 0 radical (unpaired) electrons. The molecular formula is C21H26N4O2. The number of amides is 1. The van der Waals surface area contributed by atoms with E-state index in [4.69, 9.17) is 4.42 Å². The summed E-state index contributed by atoms with van der Waals surface area (Å²) in [5, 5.41) is 7.59. The number of hydrogen-bond acceptors (Lipinski definition) is 4. The van der Waals surface area contributed by atoms with Crippen LogP contribution < -0.4 is 5.32 Å². The molecule has 142 valence electrons. The highest BCUT2D eigenvalue weighted by Crippen LogP contribution is 2.22. The third-order valence-electron chi connectivity index (χ3n) is 4.53. The molecule has 1 amide bonds. The maximum absolute atomic E-state index is 12.4. The highest BCUT2D eigenvalue weighted by Gasteiger charge is 2.14. The second-order valence-electron chi connectivity index (χ2n) is 7.22. The highest BCUT2D eigenvalue weighted by molar-refractivity contribution is 5.91. The van der Waals surface area contributed by atoms with Crippen LogP contribution >= 0.6 is 0 Å². The number of carbonyl (C=O) groups excluding carboxylic acids is 1. The summed E-state index contributed by atoms with van der Waals surface area (Å²) in [6, 6.07) is 7.56. The number of nitrogens with one attached hydrogen (secondary N) is 1. The quantitative estimate of drug-likeness (QED) is 0.673. The van der Waals surface area contributed by atoms with Crippen molar-refractivity contribution in [1.29, 1.82) is 0 Å². The van der Waals surface area contributed by atoms with Crippen molar-refractivity contribution in [2.45, 2.75) is 47.1 Å². The summed E-state index contributed by atoms with van der Waals surface area (Å²) in [4.78, 5) is 16.3. The average molecular weight is 366 g/mol. The van der Waals surface area contributed by atoms with Crippen molar-refractivity contribution < 1.29 is 9.21 Å². The molecular weight excluding hydrogens is 340 g/mol. The standard InChI is InChI=1S/C21H26N4O2/c1-14(2)12-25-16(4)19(15(3)24-25)8-9-21(26)23-18-7-5-6-17(10-18)20-11-22-13-27-20/h5-7,10-11,13-14H,8-9,12H2,1-4H3,(H,23,26). The smallest absolute Gasteiger partial charge is 0.224 e. The molecule has 6 heteroatoms. The molecule has 1 N–H and O–H groups in total. The molecule has 2 heterocycles. The Hall–Kier alpha value is -2.89. The van der Waals surface area contributed by atoms with Gasteiger partial charge in [-0.2, -0.15) is 5.10 Å². The van der Waals surface area contributed by atoms with E-state index < -0.39 is 0 Å². The zero-order chi connectivity index (χ0) is 19.4. The molecule has 1 aromatic carbocycles. The predicted molar refractivity (Wildman–Crippen MR) is 105 cm³/mol. The SMILES string of the molecule is Cc1nn(CC(C)C)c(C)c1CCC(=O)Nc1cccc(-c2cnco2)c1. The minimum atomic E-state index is -0.0138. The summed E-state index contributed by atoms with van der Waals surface area (Å²) in [5.41, 5.74) is 4.96. The summed E-state index contributed by atoms with van der Waals surface area (Å²) in [6.45, 7) is 9.34. The Labute approximate surface area is 159 Å². The third-order valence-corrected chi connectivity index (χ3v) is 4.53. The number of aryl methyl sites for hydroxylation is 1. The van der Waals surface area contributed by atoms with Crippen molar-refractivity contribution in [3.63, 3.8) is 0 Å². The Morgan fingerprint density at radius 2 is 2.11 bits per heavy atom. The molecule has 0 saturated carbocycles. The normalized spacial score (nSPS) is 11.1. The topological polar surface area (TPSA) is 73.0 Å². The molecule has 0 atom stereocenters. The maximum Gasteiger partial charge on any atom is 0.224 e. The van der Waals surface area contributed by atoms with Crippen LogP contribution in [0.25, 0.3) is 11.3 Å². The Balaban J connectivity index is 1.62. The van der Waals surface area contributed by atoms with Gasteiger partial charge in [-0.3, -0.25) is 9.48 Å². The molecule has 3 aromatic rings. The molecule has 0 unspecified atom stereocenters. The van der Waals surface area contributed by atoms with Crippen LogP contribution in [0.3, 0.4) is 0 Å². The first kappa shape index (κ1) is 18.9. The summed E-state index contributed by atoms with van der Waals surface area (Å²) in [5.74, 6) is 1.20. The van der Waals surface area contributed by atoms with E-state index in [9.17, 15) is 4.79 Å². The van der Waals surface area contributed by atoms with E-state index in [2.05, 4.69) is 36.2 Å². The lowest BCUT2D eigenvalue weighted by Gasteiger charge is -2.09. The van der Waals surface area contributed by atoms with Crippen LogP contribution in [0.5, 0.6) is 0 Å². The van der Waals surface area contributed by atoms with E-state index in [-0.39, 0.29) is 5.91 Å². The fraction of sp³-hybridized carbons (Fsp3) is 0.381. The van der Waals surface area contributed by atoms with Crippen molar-refractivity contribution in [3.8, 4) is 11.3 Å². The number of benzene rings is 1. The summed E-state index contributed by atoms with van der Waals surface area (Å²) < 4.78 is 7.36. The lowest BCUT2D eigenvalue weighted by atomic mass is 10.1. The van der Waals surface area contributed by atoms with Gasteiger partial charge in [0.1, 0.15) is 0 Å². The number of hydrogen-bond donors (Lipinski definition) is 1. The second-order valence-corrected chi connectivity index (χ2v) is 7.22. The monoisotopic (exact) mass is 366 g/mol. The van der Waals surface area contributed by atoms with Gasteiger partial charge < -0.3 is 9.73 Å². The lowest BCUT2D eigenvalue weighted by Crippen LogP contribution is -2.13. The summed E-state index contributed by atoms with van der Waals surface area (Å²) in [7, 11) is 0. The first-order chi connectivity index (χ1) is 12.9. The molecule has 0 saturated heterocycles. The highest BCUT2D eigenvalue weighted by atomic mass is 16.3. The number of anilines is 1. The van der Waals surface area contributed by atoms with E-state index >= 15 is 0 Å². The molecule has 2 aromatic heterocycles. The summed E-state index contributed by atoms with van der Waals surface area (Å²) in [6.07, 6.45) is 4.15. The second kappa shape index (κ2) is 8.20. The van der Waals surface area contributed by atoms with Crippen LogP contribution in [0.2, 0.25) is 0 Å². The van der Waals surface area contributed by atoms with E-state index in [1.54, 1.807) is 6.20 Å². The van der Waals surface area contributed by atoms with E-state index in [1.807, 2.05) is 35.9 Å². The van der Waals surface area contributed by atoms with Crippen molar-refractivity contribution >= 4 is 11.6 Å². The molecule has 27 heavy (non-hydrogen) atoms. The fourth-order valence-electron chi connectivity index (χ4n) is 3.19.